The average Bonchev–Trinajstić information content (AvgIpc) is 2.96. The Labute approximate surface area is 126 Å². The van der Waals surface area contributed by atoms with Crippen LogP contribution in [0.5, 0.6) is 0 Å². The number of nitro groups is 1. The normalized spacial score (nSPS) is 11.7. The van der Waals surface area contributed by atoms with Gasteiger partial charge in [-0.05, 0) is 25.5 Å². The van der Waals surface area contributed by atoms with Gasteiger partial charge < -0.3 is 5.32 Å². The van der Waals surface area contributed by atoms with E-state index in [9.17, 15) is 10.1 Å². The summed E-state index contributed by atoms with van der Waals surface area (Å²) < 4.78 is 0. The minimum Gasteiger partial charge on any atom is -0.371 e. The first kappa shape index (κ1) is 14.9. The van der Waals surface area contributed by atoms with Gasteiger partial charge in [-0.2, -0.15) is 5.26 Å². The van der Waals surface area contributed by atoms with Gasteiger partial charge in [0.2, 0.25) is 0 Å². The molecule has 2 rings (SSSR count). The predicted octanol–water partition coefficient (Wildman–Crippen LogP) is 3.66. The molecule has 0 spiro atoms. The molecule has 1 unspecified atom stereocenters. The third-order valence-corrected chi connectivity index (χ3v) is 4.31. The van der Waals surface area contributed by atoms with Gasteiger partial charge in [0, 0.05) is 17.1 Å². The lowest BCUT2D eigenvalue weighted by Gasteiger charge is -2.12. The molecule has 0 bridgehead atoms. The summed E-state index contributed by atoms with van der Waals surface area (Å²) in [5, 5.41) is 23.9. The van der Waals surface area contributed by atoms with E-state index in [1.54, 1.807) is 23.5 Å². The number of benzene rings is 1. The first-order valence-electron chi connectivity index (χ1n) is 6.44. The molecule has 1 atom stereocenters. The van der Waals surface area contributed by atoms with Crippen LogP contribution in [-0.4, -0.2) is 9.91 Å². The molecule has 6 nitrogen and oxygen atoms in total. The quantitative estimate of drug-likeness (QED) is 0.672. The number of aromatic nitrogens is 1. The van der Waals surface area contributed by atoms with Crippen molar-refractivity contribution in [1.29, 1.82) is 5.26 Å². The van der Waals surface area contributed by atoms with Crippen LogP contribution in [0.4, 0.5) is 11.4 Å². The Balaban J connectivity index is 2.26. The molecule has 1 heterocycles. The molecule has 0 saturated carbocycles. The highest BCUT2D eigenvalue weighted by Crippen LogP contribution is 2.30. The molecule has 1 N–H and O–H groups in total. The van der Waals surface area contributed by atoms with E-state index in [2.05, 4.69) is 17.2 Å². The van der Waals surface area contributed by atoms with Crippen LogP contribution in [0.2, 0.25) is 0 Å². The van der Waals surface area contributed by atoms with E-state index in [0.717, 1.165) is 11.4 Å². The third-order valence-electron chi connectivity index (χ3n) is 2.99. The van der Waals surface area contributed by atoms with E-state index < -0.39 is 4.92 Å². The molecular formula is C14H14N4O2S. The highest BCUT2D eigenvalue weighted by molar-refractivity contribution is 7.11. The van der Waals surface area contributed by atoms with Crippen LogP contribution < -0.4 is 5.32 Å². The second-order valence-electron chi connectivity index (χ2n) is 4.49. The molecule has 2 aromatic rings. The molecule has 7 heteroatoms. The lowest BCUT2D eigenvalue weighted by Crippen LogP contribution is -2.08. The van der Waals surface area contributed by atoms with Crippen molar-refractivity contribution in [3.8, 4) is 6.07 Å². The van der Waals surface area contributed by atoms with Crippen molar-refractivity contribution in [2.45, 2.75) is 26.3 Å². The molecule has 0 saturated heterocycles. The summed E-state index contributed by atoms with van der Waals surface area (Å²) in [7, 11) is 0. The number of nitro benzene ring substituents is 1. The zero-order valence-electron chi connectivity index (χ0n) is 11.7. The molecule has 0 radical (unpaired) electrons. The smallest absolute Gasteiger partial charge is 0.293 e. The summed E-state index contributed by atoms with van der Waals surface area (Å²) in [5.74, 6) is 0. The first-order chi connectivity index (χ1) is 10.0. The van der Waals surface area contributed by atoms with Gasteiger partial charge in [-0.25, -0.2) is 4.98 Å². The van der Waals surface area contributed by atoms with Gasteiger partial charge in [-0.1, -0.05) is 6.92 Å². The monoisotopic (exact) mass is 302 g/mol. The Bertz CT molecular complexity index is 705. The molecule has 1 aromatic heterocycles. The van der Waals surface area contributed by atoms with Gasteiger partial charge in [0.1, 0.15) is 10.7 Å². The number of nitrogens with one attached hydrogen (secondary N) is 1. The van der Waals surface area contributed by atoms with Gasteiger partial charge in [-0.3, -0.25) is 10.1 Å². The zero-order valence-corrected chi connectivity index (χ0v) is 12.5. The molecular weight excluding hydrogens is 288 g/mol. The zero-order chi connectivity index (χ0) is 15.4. The van der Waals surface area contributed by atoms with Gasteiger partial charge in [0.15, 0.2) is 0 Å². The van der Waals surface area contributed by atoms with Crippen molar-refractivity contribution in [2.75, 3.05) is 5.32 Å². The summed E-state index contributed by atoms with van der Waals surface area (Å²) in [6.07, 6.45) is 2.74. The molecule has 0 fully saturated rings. The first-order valence-corrected chi connectivity index (χ1v) is 7.26. The van der Waals surface area contributed by atoms with Crippen molar-refractivity contribution in [2.24, 2.45) is 0 Å². The Morgan fingerprint density at radius 3 is 2.90 bits per heavy atom. The summed E-state index contributed by atoms with van der Waals surface area (Å²) >= 11 is 1.59. The van der Waals surface area contributed by atoms with Crippen LogP contribution in [0.25, 0.3) is 0 Å². The minimum absolute atomic E-state index is 0.104. The maximum atomic E-state index is 11.1. The second kappa shape index (κ2) is 6.33. The Morgan fingerprint density at radius 1 is 1.57 bits per heavy atom. The fourth-order valence-electron chi connectivity index (χ4n) is 1.86. The van der Waals surface area contributed by atoms with Crippen molar-refractivity contribution >= 4 is 22.7 Å². The van der Waals surface area contributed by atoms with Crippen LogP contribution >= 0.6 is 11.3 Å². The van der Waals surface area contributed by atoms with E-state index in [1.165, 1.54) is 10.9 Å². The van der Waals surface area contributed by atoms with Gasteiger partial charge in [-0.15, -0.1) is 11.3 Å². The van der Waals surface area contributed by atoms with Crippen LogP contribution in [0, 0.1) is 21.4 Å². The summed E-state index contributed by atoms with van der Waals surface area (Å²) in [5.41, 5.74) is 0.551. The summed E-state index contributed by atoms with van der Waals surface area (Å²) in [6, 6.07) is 6.15. The third kappa shape index (κ3) is 3.35. The molecule has 108 valence electrons. The second-order valence-corrected chi connectivity index (χ2v) is 5.63. The standard InChI is InChI=1S/C14H14N4O2S/c1-3-11-8-16-14(21-11)9(2)17-12-5-4-10(7-15)6-13(12)18(19)20/h4-6,8-9,17H,3H2,1-2H3. The number of nitrogens with zero attached hydrogens (tertiary/aromatic N) is 3. The van der Waals surface area contributed by atoms with Crippen molar-refractivity contribution < 1.29 is 4.92 Å². The Hall–Kier alpha value is -2.46. The maximum absolute atomic E-state index is 11.1. The molecule has 0 aliphatic carbocycles. The fraction of sp³-hybridized carbons (Fsp3) is 0.286. The minimum atomic E-state index is -0.491. The van der Waals surface area contributed by atoms with Crippen molar-refractivity contribution in [3.63, 3.8) is 0 Å². The summed E-state index contributed by atoms with van der Waals surface area (Å²) in [6.45, 7) is 3.96. The highest BCUT2D eigenvalue weighted by Gasteiger charge is 2.18. The average molecular weight is 302 g/mol. The summed E-state index contributed by atoms with van der Waals surface area (Å²) in [4.78, 5) is 16.1. The largest absolute Gasteiger partial charge is 0.371 e. The lowest BCUT2D eigenvalue weighted by atomic mass is 10.1. The number of hydrogen-bond donors (Lipinski definition) is 1. The van der Waals surface area contributed by atoms with E-state index in [-0.39, 0.29) is 17.3 Å². The molecule has 21 heavy (non-hydrogen) atoms. The SMILES string of the molecule is CCc1cnc(C(C)Nc2ccc(C#N)cc2[N+](=O)[O-])s1. The number of hydrogen-bond acceptors (Lipinski definition) is 6. The molecule has 1 aromatic carbocycles. The van der Waals surface area contributed by atoms with E-state index in [0.29, 0.717) is 5.69 Å². The Kier molecular flexibility index (Phi) is 4.50. The van der Waals surface area contributed by atoms with Crippen LogP contribution in [0.3, 0.4) is 0 Å². The molecule has 0 aliphatic rings. The van der Waals surface area contributed by atoms with Gasteiger partial charge in [0.25, 0.3) is 5.69 Å². The topological polar surface area (TPSA) is 91.8 Å². The molecule has 0 amide bonds. The van der Waals surface area contributed by atoms with E-state index >= 15 is 0 Å². The number of nitriles is 1. The van der Waals surface area contributed by atoms with Crippen LogP contribution in [-0.2, 0) is 6.42 Å². The Morgan fingerprint density at radius 2 is 2.33 bits per heavy atom. The number of rotatable bonds is 5. The van der Waals surface area contributed by atoms with Crippen LogP contribution in [0.15, 0.2) is 24.4 Å². The van der Waals surface area contributed by atoms with Gasteiger partial charge in [0.05, 0.1) is 22.6 Å². The lowest BCUT2D eigenvalue weighted by molar-refractivity contribution is -0.384. The van der Waals surface area contributed by atoms with E-state index in [1.807, 2.05) is 19.2 Å². The predicted molar refractivity (Wildman–Crippen MR) is 81.3 cm³/mol. The number of aryl methyl sites for hydroxylation is 1. The van der Waals surface area contributed by atoms with Crippen molar-refractivity contribution in [3.05, 3.63) is 50.0 Å². The van der Waals surface area contributed by atoms with Crippen LogP contribution in [0.1, 0.15) is 35.3 Å². The molecule has 0 aliphatic heterocycles. The van der Waals surface area contributed by atoms with Gasteiger partial charge >= 0.3 is 0 Å². The fourth-order valence-corrected chi connectivity index (χ4v) is 2.72. The number of thiazole rings is 1. The number of anilines is 1. The van der Waals surface area contributed by atoms with E-state index in [4.69, 9.17) is 5.26 Å². The highest BCUT2D eigenvalue weighted by atomic mass is 32.1. The maximum Gasteiger partial charge on any atom is 0.293 e. The van der Waals surface area contributed by atoms with Crippen molar-refractivity contribution in [1.82, 2.24) is 4.98 Å².